The number of benzene rings is 1. The maximum Gasteiger partial charge on any atom is 0.415 e. The lowest BCUT2D eigenvalue weighted by Crippen LogP contribution is -2.49. The molecule has 2 amide bonds. The number of hydrogen-bond donors (Lipinski definition) is 0. The second-order valence-electron chi connectivity index (χ2n) is 11.0. The number of fused-ring (bicyclic) bond motifs is 3. The van der Waals surface area contributed by atoms with E-state index in [1.807, 2.05) is 18.2 Å². The van der Waals surface area contributed by atoms with E-state index in [1.54, 1.807) is 9.80 Å². The maximum absolute atomic E-state index is 12.9. The van der Waals surface area contributed by atoms with Crippen molar-refractivity contribution in [2.75, 3.05) is 42.8 Å². The minimum atomic E-state index is -1.97. The first kappa shape index (κ1) is 23.6. The summed E-state index contributed by atoms with van der Waals surface area (Å²) in [6, 6.07) is 5.26. The van der Waals surface area contributed by atoms with Crippen LogP contribution in [0.5, 0.6) is 5.75 Å². The lowest BCUT2D eigenvalue weighted by molar-refractivity contribution is -0.177. The molecule has 186 valence electrons. The predicted octanol–water partition coefficient (Wildman–Crippen LogP) is 3.66. The average Bonchev–Trinajstić information content (AvgIpc) is 3.35. The van der Waals surface area contributed by atoms with Crippen molar-refractivity contribution in [3.63, 3.8) is 0 Å². The maximum atomic E-state index is 12.9. The van der Waals surface area contributed by atoms with Crippen LogP contribution in [0.15, 0.2) is 18.2 Å². The number of nitrogens with zero attached hydrogens (tertiary/aromatic N) is 2. The molecule has 4 heterocycles. The third-order valence-electron chi connectivity index (χ3n) is 7.80. The van der Waals surface area contributed by atoms with E-state index in [-0.39, 0.29) is 29.5 Å². The minimum Gasteiger partial charge on any atom is -0.489 e. The molecular formula is C24H34N2O7Si. The molecule has 34 heavy (non-hydrogen) atoms. The third kappa shape index (κ3) is 4.00. The highest BCUT2D eigenvalue weighted by Gasteiger charge is 2.49. The molecule has 3 saturated heterocycles. The van der Waals surface area contributed by atoms with Crippen LogP contribution in [0.25, 0.3) is 0 Å². The van der Waals surface area contributed by atoms with E-state index in [0.29, 0.717) is 50.8 Å². The Morgan fingerprint density at radius 2 is 1.91 bits per heavy atom. The summed E-state index contributed by atoms with van der Waals surface area (Å²) >= 11 is 0. The second kappa shape index (κ2) is 8.22. The molecule has 0 N–H and O–H groups in total. The van der Waals surface area contributed by atoms with Gasteiger partial charge in [-0.2, -0.15) is 0 Å². The summed E-state index contributed by atoms with van der Waals surface area (Å²) in [7, 11) is -1.97. The molecule has 0 saturated carbocycles. The van der Waals surface area contributed by atoms with Crippen LogP contribution < -0.4 is 14.5 Å². The van der Waals surface area contributed by atoms with Gasteiger partial charge in [0.05, 0.1) is 31.9 Å². The summed E-state index contributed by atoms with van der Waals surface area (Å²) in [5.74, 6) is -0.255. The van der Waals surface area contributed by atoms with Gasteiger partial charge in [0.1, 0.15) is 24.5 Å². The van der Waals surface area contributed by atoms with Crippen molar-refractivity contribution in [2.45, 2.75) is 69.7 Å². The van der Waals surface area contributed by atoms with Gasteiger partial charge in [0, 0.05) is 24.7 Å². The van der Waals surface area contributed by atoms with Gasteiger partial charge in [-0.05, 0) is 30.3 Å². The molecule has 0 radical (unpaired) electrons. The van der Waals surface area contributed by atoms with Gasteiger partial charge in [0.2, 0.25) is 5.91 Å². The summed E-state index contributed by atoms with van der Waals surface area (Å²) < 4.78 is 29.5. The summed E-state index contributed by atoms with van der Waals surface area (Å²) in [5.41, 5.74) is 1.39. The highest BCUT2D eigenvalue weighted by molar-refractivity contribution is 6.74. The lowest BCUT2D eigenvalue weighted by Gasteiger charge is -2.38. The molecule has 5 rings (SSSR count). The van der Waals surface area contributed by atoms with Crippen LogP contribution in [-0.4, -0.2) is 71.2 Å². The van der Waals surface area contributed by atoms with Gasteiger partial charge in [0.15, 0.2) is 14.1 Å². The summed E-state index contributed by atoms with van der Waals surface area (Å²) in [6.45, 7) is 13.1. The fourth-order valence-corrected chi connectivity index (χ4v) is 5.69. The van der Waals surface area contributed by atoms with Crippen LogP contribution in [0.1, 0.15) is 33.6 Å². The Morgan fingerprint density at radius 3 is 2.59 bits per heavy atom. The van der Waals surface area contributed by atoms with Crippen molar-refractivity contribution in [3.8, 4) is 5.75 Å². The summed E-state index contributed by atoms with van der Waals surface area (Å²) in [4.78, 5) is 29.0. The number of carbonyl (C=O) groups is 2. The first-order valence-electron chi connectivity index (χ1n) is 12.0. The molecule has 0 aromatic heterocycles. The van der Waals surface area contributed by atoms with E-state index in [2.05, 4.69) is 33.9 Å². The normalized spacial score (nSPS) is 26.4. The Hall–Kier alpha value is -2.14. The van der Waals surface area contributed by atoms with Crippen molar-refractivity contribution in [2.24, 2.45) is 0 Å². The number of rotatable bonds is 4. The van der Waals surface area contributed by atoms with E-state index in [4.69, 9.17) is 23.4 Å². The van der Waals surface area contributed by atoms with Gasteiger partial charge in [-0.3, -0.25) is 9.69 Å². The molecule has 1 aromatic rings. The highest BCUT2D eigenvalue weighted by atomic mass is 28.4. The van der Waals surface area contributed by atoms with E-state index in [1.165, 1.54) is 0 Å². The first-order valence-corrected chi connectivity index (χ1v) is 14.9. The number of amides is 2. The average molecular weight is 491 g/mol. The van der Waals surface area contributed by atoms with Gasteiger partial charge in [0.25, 0.3) is 0 Å². The number of ether oxygens (including phenoxy) is 4. The molecule has 4 aliphatic rings. The van der Waals surface area contributed by atoms with E-state index >= 15 is 0 Å². The Bertz CT molecular complexity index is 986. The van der Waals surface area contributed by atoms with E-state index in [9.17, 15) is 9.59 Å². The number of piperidine rings is 1. The van der Waals surface area contributed by atoms with Crippen molar-refractivity contribution in [1.29, 1.82) is 0 Å². The van der Waals surface area contributed by atoms with Gasteiger partial charge in [-0.15, -0.1) is 0 Å². The quantitative estimate of drug-likeness (QED) is 0.595. The van der Waals surface area contributed by atoms with Crippen LogP contribution >= 0.6 is 0 Å². The fourth-order valence-electron chi connectivity index (χ4n) is 4.68. The topological polar surface area (TPSA) is 86.8 Å². The SMILES string of the molecule is CC(C)(C)[Si](C)(C)OC[C@@H]1OC(=O)N2c3ccc(N4CCC5(CC4=O)OCCO5)cc3OC[C@@H]12. The Morgan fingerprint density at radius 1 is 1.18 bits per heavy atom. The van der Waals surface area contributed by atoms with E-state index in [0.717, 1.165) is 5.69 Å². The van der Waals surface area contributed by atoms with Crippen LogP contribution in [-0.2, 0) is 23.4 Å². The Labute approximate surface area is 201 Å². The van der Waals surface area contributed by atoms with Crippen molar-refractivity contribution in [1.82, 2.24) is 0 Å². The van der Waals surface area contributed by atoms with Gasteiger partial charge < -0.3 is 28.3 Å². The minimum absolute atomic E-state index is 0.0507. The van der Waals surface area contributed by atoms with Crippen molar-refractivity contribution >= 4 is 31.7 Å². The summed E-state index contributed by atoms with van der Waals surface area (Å²) in [6.07, 6.45) is 0.0347. The molecule has 9 nitrogen and oxygen atoms in total. The van der Waals surface area contributed by atoms with Gasteiger partial charge >= 0.3 is 6.09 Å². The molecule has 0 bridgehead atoms. The van der Waals surface area contributed by atoms with Crippen LogP contribution in [0, 0.1) is 0 Å². The molecule has 1 aromatic carbocycles. The molecule has 4 aliphatic heterocycles. The zero-order valence-corrected chi connectivity index (χ0v) is 21.6. The fraction of sp³-hybridized carbons (Fsp3) is 0.667. The molecule has 10 heteroatoms. The van der Waals surface area contributed by atoms with Crippen molar-refractivity contribution < 1.29 is 33.0 Å². The Kier molecular flexibility index (Phi) is 5.70. The highest BCUT2D eigenvalue weighted by Crippen LogP contribution is 2.43. The van der Waals surface area contributed by atoms with Crippen LogP contribution in [0.2, 0.25) is 18.1 Å². The zero-order valence-electron chi connectivity index (χ0n) is 20.6. The molecule has 1 spiro atoms. The lowest BCUT2D eigenvalue weighted by atomic mass is 10.0. The number of carbonyl (C=O) groups excluding carboxylic acids is 2. The molecular weight excluding hydrogens is 456 g/mol. The standard InChI is InChI=1S/C24H34N2O7Si/c1-23(2,3)34(4,5)32-15-20-18-14-29-19-12-16(6-7-17(19)26(18)22(28)33-20)25-9-8-24(13-21(25)27)30-10-11-31-24/h6-7,12,18,20H,8-11,13-15H2,1-5H3/t18-,20-/m0/s1. The monoisotopic (exact) mass is 490 g/mol. The zero-order chi connectivity index (χ0) is 24.3. The molecule has 0 unspecified atom stereocenters. The second-order valence-corrected chi connectivity index (χ2v) is 15.8. The number of hydrogen-bond acceptors (Lipinski definition) is 7. The van der Waals surface area contributed by atoms with Crippen LogP contribution in [0.3, 0.4) is 0 Å². The van der Waals surface area contributed by atoms with Gasteiger partial charge in [-0.25, -0.2) is 4.79 Å². The largest absolute Gasteiger partial charge is 0.489 e. The Balaban J connectivity index is 1.30. The predicted molar refractivity (Wildman–Crippen MR) is 128 cm³/mol. The molecule has 2 atom stereocenters. The smallest absolute Gasteiger partial charge is 0.415 e. The summed E-state index contributed by atoms with van der Waals surface area (Å²) in [5, 5.41) is 0.0723. The van der Waals surface area contributed by atoms with Gasteiger partial charge in [-0.1, -0.05) is 20.8 Å². The number of anilines is 2. The molecule has 0 aliphatic carbocycles. The van der Waals surface area contributed by atoms with Crippen molar-refractivity contribution in [3.05, 3.63) is 18.2 Å². The molecule has 3 fully saturated rings. The van der Waals surface area contributed by atoms with E-state index < -0.39 is 20.2 Å². The first-order chi connectivity index (χ1) is 16.0. The van der Waals surface area contributed by atoms with Crippen LogP contribution in [0.4, 0.5) is 16.2 Å². The number of cyclic esters (lactones) is 1. The third-order valence-corrected chi connectivity index (χ3v) is 12.3.